The maximum Gasteiger partial charge on any atom is 0.323 e. The van der Waals surface area contributed by atoms with Crippen LogP contribution in [0.5, 0.6) is 0 Å². The summed E-state index contributed by atoms with van der Waals surface area (Å²) >= 11 is 0. The molecule has 0 unspecified atom stereocenters. The van der Waals surface area contributed by atoms with Gasteiger partial charge in [0, 0.05) is 24.1 Å². The van der Waals surface area contributed by atoms with Crippen LogP contribution in [0.25, 0.3) is 0 Å². The zero-order chi connectivity index (χ0) is 19.2. The van der Waals surface area contributed by atoms with Crippen LogP contribution in [-0.2, 0) is 6.54 Å². The summed E-state index contributed by atoms with van der Waals surface area (Å²) in [6, 6.07) is 12.2. The Labute approximate surface area is 154 Å². The summed E-state index contributed by atoms with van der Waals surface area (Å²) in [6.45, 7) is 0.390. The van der Waals surface area contributed by atoms with Crippen molar-refractivity contribution in [2.45, 2.75) is 6.54 Å². The van der Waals surface area contributed by atoms with Crippen LogP contribution in [-0.4, -0.2) is 22.1 Å². The zero-order valence-corrected chi connectivity index (χ0v) is 14.1. The predicted molar refractivity (Wildman–Crippen MR) is 99.9 cm³/mol. The normalized spacial score (nSPS) is 10.3. The van der Waals surface area contributed by atoms with Crippen molar-refractivity contribution < 1.29 is 14.0 Å². The van der Waals surface area contributed by atoms with E-state index >= 15 is 0 Å². The van der Waals surface area contributed by atoms with Crippen LogP contribution in [0.15, 0.2) is 54.7 Å². The number of hydrogen-bond acceptors (Lipinski definition) is 4. The summed E-state index contributed by atoms with van der Waals surface area (Å²) in [6.07, 6.45) is 1.54. The fraction of sp³-hybridized carbons (Fsp3) is 0.0556. The molecular weight excluding hydrogens is 351 g/mol. The van der Waals surface area contributed by atoms with E-state index in [0.29, 0.717) is 23.6 Å². The Balaban J connectivity index is 1.60. The van der Waals surface area contributed by atoms with Gasteiger partial charge in [-0.05, 0) is 35.9 Å². The third-order valence-corrected chi connectivity index (χ3v) is 3.62. The van der Waals surface area contributed by atoms with E-state index in [-0.39, 0.29) is 5.69 Å². The lowest BCUT2D eigenvalue weighted by Gasteiger charge is -2.10. The monoisotopic (exact) mass is 368 g/mol. The molecule has 0 fully saturated rings. The molecule has 138 valence electrons. The Morgan fingerprint density at radius 3 is 2.48 bits per heavy atom. The number of benzene rings is 2. The number of anilines is 3. The second-order valence-corrected chi connectivity index (χ2v) is 5.66. The largest absolute Gasteiger partial charge is 0.378 e. The molecule has 0 spiro atoms. The topological polar surface area (TPSA) is 125 Å². The average molecular weight is 368 g/mol. The summed E-state index contributed by atoms with van der Waals surface area (Å²) in [4.78, 5) is 23.3. The number of carbonyl (C=O) groups excluding carboxylic acids is 2. The molecule has 27 heavy (non-hydrogen) atoms. The first-order chi connectivity index (χ1) is 13.0. The molecule has 3 aromatic rings. The summed E-state index contributed by atoms with van der Waals surface area (Å²) in [7, 11) is 0. The SMILES string of the molecule is NC(=O)c1n[nH]cc1NCc1cccc(NC(=O)Nc2cccc(F)c2)c1. The minimum Gasteiger partial charge on any atom is -0.378 e. The van der Waals surface area contributed by atoms with E-state index < -0.39 is 17.8 Å². The van der Waals surface area contributed by atoms with E-state index in [1.54, 1.807) is 24.3 Å². The van der Waals surface area contributed by atoms with Crippen LogP contribution in [0, 0.1) is 5.82 Å². The number of primary amides is 1. The highest BCUT2D eigenvalue weighted by atomic mass is 19.1. The lowest BCUT2D eigenvalue weighted by Crippen LogP contribution is -2.19. The highest BCUT2D eigenvalue weighted by molar-refractivity contribution is 5.99. The van der Waals surface area contributed by atoms with Gasteiger partial charge in [-0.3, -0.25) is 9.89 Å². The molecule has 0 aliphatic heterocycles. The number of H-pyrrole nitrogens is 1. The van der Waals surface area contributed by atoms with E-state index in [0.717, 1.165) is 5.56 Å². The first-order valence-corrected chi connectivity index (χ1v) is 8.01. The van der Waals surface area contributed by atoms with Gasteiger partial charge in [0.1, 0.15) is 5.82 Å². The van der Waals surface area contributed by atoms with Gasteiger partial charge >= 0.3 is 6.03 Å². The van der Waals surface area contributed by atoms with Crippen molar-refractivity contribution in [3.8, 4) is 0 Å². The van der Waals surface area contributed by atoms with E-state index in [1.165, 1.54) is 24.4 Å². The Hall–Kier alpha value is -3.88. The van der Waals surface area contributed by atoms with Crippen molar-refractivity contribution >= 4 is 29.0 Å². The minimum atomic E-state index is -0.636. The molecule has 0 aliphatic rings. The molecule has 8 nitrogen and oxygen atoms in total. The van der Waals surface area contributed by atoms with Gasteiger partial charge < -0.3 is 21.7 Å². The van der Waals surface area contributed by atoms with Gasteiger partial charge in [-0.2, -0.15) is 5.10 Å². The first-order valence-electron chi connectivity index (χ1n) is 8.01. The van der Waals surface area contributed by atoms with Crippen LogP contribution in [0.2, 0.25) is 0 Å². The molecule has 0 saturated carbocycles. The fourth-order valence-corrected chi connectivity index (χ4v) is 2.43. The van der Waals surface area contributed by atoms with Gasteiger partial charge in [-0.25, -0.2) is 9.18 Å². The van der Waals surface area contributed by atoms with Gasteiger partial charge in [0.05, 0.1) is 5.69 Å². The molecule has 0 aliphatic carbocycles. The number of halogens is 1. The molecular formula is C18H17FN6O2. The summed E-state index contributed by atoms with van der Waals surface area (Å²) in [5, 5.41) is 14.6. The van der Waals surface area contributed by atoms with Crippen LogP contribution in [0.3, 0.4) is 0 Å². The molecule has 0 bridgehead atoms. The minimum absolute atomic E-state index is 0.124. The van der Waals surface area contributed by atoms with Crippen LogP contribution in [0.1, 0.15) is 16.1 Å². The number of aromatic nitrogens is 2. The Bertz CT molecular complexity index is 972. The predicted octanol–water partition coefficient (Wildman–Crippen LogP) is 2.90. The van der Waals surface area contributed by atoms with Crippen molar-refractivity contribution in [2.75, 3.05) is 16.0 Å². The third-order valence-electron chi connectivity index (χ3n) is 3.62. The summed E-state index contributed by atoms with van der Waals surface area (Å²) in [5.74, 6) is -1.07. The number of urea groups is 1. The molecule has 3 amide bonds. The molecule has 0 saturated heterocycles. The number of nitrogens with one attached hydrogen (secondary N) is 4. The molecule has 1 heterocycles. The first kappa shape index (κ1) is 17.9. The Morgan fingerprint density at radius 2 is 1.78 bits per heavy atom. The lowest BCUT2D eigenvalue weighted by atomic mass is 10.2. The molecule has 0 radical (unpaired) electrons. The van der Waals surface area contributed by atoms with Gasteiger partial charge in [0.25, 0.3) is 5.91 Å². The number of nitrogens with zero attached hydrogens (tertiary/aromatic N) is 1. The van der Waals surface area contributed by atoms with E-state index in [1.807, 2.05) is 6.07 Å². The second-order valence-electron chi connectivity index (χ2n) is 5.66. The number of aromatic amines is 1. The van der Waals surface area contributed by atoms with Crippen LogP contribution in [0.4, 0.5) is 26.2 Å². The second kappa shape index (κ2) is 8.00. The van der Waals surface area contributed by atoms with Crippen molar-refractivity contribution in [1.29, 1.82) is 0 Å². The molecule has 3 rings (SSSR count). The van der Waals surface area contributed by atoms with E-state index in [4.69, 9.17) is 5.73 Å². The van der Waals surface area contributed by atoms with Crippen LogP contribution < -0.4 is 21.7 Å². The quantitative estimate of drug-likeness (QED) is 0.459. The van der Waals surface area contributed by atoms with Crippen molar-refractivity contribution in [3.63, 3.8) is 0 Å². The number of carbonyl (C=O) groups is 2. The highest BCUT2D eigenvalue weighted by Gasteiger charge is 2.11. The van der Waals surface area contributed by atoms with E-state index in [2.05, 4.69) is 26.1 Å². The number of rotatable bonds is 6. The standard InChI is InChI=1S/C18H17FN6O2/c19-12-4-2-6-14(8-12)24-18(27)23-13-5-1-3-11(7-13)9-21-15-10-22-25-16(15)17(20)26/h1-8,10,21H,9H2,(H2,20,26)(H,22,25)(H2,23,24,27). The highest BCUT2D eigenvalue weighted by Crippen LogP contribution is 2.16. The van der Waals surface area contributed by atoms with Crippen molar-refractivity contribution in [2.24, 2.45) is 5.73 Å². The van der Waals surface area contributed by atoms with Crippen LogP contribution >= 0.6 is 0 Å². The van der Waals surface area contributed by atoms with Gasteiger partial charge in [-0.15, -0.1) is 0 Å². The summed E-state index contributed by atoms with van der Waals surface area (Å²) < 4.78 is 13.2. The van der Waals surface area contributed by atoms with Gasteiger partial charge in [0.15, 0.2) is 5.69 Å². The molecule has 0 atom stereocenters. The molecule has 2 aromatic carbocycles. The summed E-state index contributed by atoms with van der Waals surface area (Å²) in [5.41, 5.74) is 7.62. The lowest BCUT2D eigenvalue weighted by molar-refractivity contribution is 0.0996. The molecule has 6 N–H and O–H groups in total. The average Bonchev–Trinajstić information content (AvgIpc) is 3.09. The van der Waals surface area contributed by atoms with E-state index in [9.17, 15) is 14.0 Å². The third kappa shape index (κ3) is 4.82. The Kier molecular flexibility index (Phi) is 5.31. The number of hydrogen-bond donors (Lipinski definition) is 5. The number of nitrogens with two attached hydrogens (primary N) is 1. The maximum atomic E-state index is 13.2. The van der Waals surface area contributed by atoms with Crippen molar-refractivity contribution in [1.82, 2.24) is 10.2 Å². The fourth-order valence-electron chi connectivity index (χ4n) is 2.43. The molecule has 1 aromatic heterocycles. The van der Waals surface area contributed by atoms with Crippen molar-refractivity contribution in [3.05, 3.63) is 71.8 Å². The van der Waals surface area contributed by atoms with Gasteiger partial charge in [-0.1, -0.05) is 18.2 Å². The maximum absolute atomic E-state index is 13.2. The number of amides is 3. The Morgan fingerprint density at radius 1 is 1.07 bits per heavy atom. The van der Waals surface area contributed by atoms with Gasteiger partial charge in [0.2, 0.25) is 0 Å². The molecule has 9 heteroatoms. The zero-order valence-electron chi connectivity index (χ0n) is 14.1. The smallest absolute Gasteiger partial charge is 0.323 e.